The van der Waals surface area contributed by atoms with E-state index < -0.39 is 6.10 Å². The molecular weight excluding hydrogens is 388 g/mol. The fourth-order valence-electron chi connectivity index (χ4n) is 4.63. The number of aryl methyl sites for hydroxylation is 1. The molecular formula is C26H32N2O3. The van der Waals surface area contributed by atoms with E-state index in [0.717, 1.165) is 30.5 Å². The molecule has 1 heterocycles. The Labute approximate surface area is 184 Å². The SMILES string of the molecule is C[C@@H]1Oc2ccc(NC(=O)CC(C)(C)C)cc2CN([C@@H]2CCCc3ccccc32)C1=O. The van der Waals surface area contributed by atoms with Crippen LogP contribution < -0.4 is 10.1 Å². The zero-order chi connectivity index (χ0) is 22.2. The molecule has 5 heteroatoms. The summed E-state index contributed by atoms with van der Waals surface area (Å²) in [4.78, 5) is 27.7. The molecule has 0 spiro atoms. The molecule has 0 bridgehead atoms. The lowest BCUT2D eigenvalue weighted by atomic mass is 9.86. The van der Waals surface area contributed by atoms with E-state index in [-0.39, 0.29) is 23.3 Å². The molecule has 2 aromatic rings. The number of ether oxygens (including phenoxy) is 1. The highest BCUT2D eigenvalue weighted by Crippen LogP contribution is 2.38. The number of hydrogen-bond donors (Lipinski definition) is 1. The van der Waals surface area contributed by atoms with Gasteiger partial charge in [-0.25, -0.2) is 0 Å². The van der Waals surface area contributed by atoms with E-state index in [2.05, 4.69) is 29.6 Å². The average molecular weight is 421 g/mol. The van der Waals surface area contributed by atoms with Crippen LogP contribution in [0, 0.1) is 5.41 Å². The first kappa shape index (κ1) is 21.4. The van der Waals surface area contributed by atoms with Gasteiger partial charge in [-0.05, 0) is 60.9 Å². The van der Waals surface area contributed by atoms with Gasteiger partial charge in [0.05, 0.1) is 12.6 Å². The second-order valence-corrected chi connectivity index (χ2v) is 9.94. The first-order valence-electron chi connectivity index (χ1n) is 11.2. The van der Waals surface area contributed by atoms with Gasteiger partial charge in [0, 0.05) is 17.7 Å². The topological polar surface area (TPSA) is 58.6 Å². The summed E-state index contributed by atoms with van der Waals surface area (Å²) in [6.45, 7) is 8.43. The Balaban J connectivity index is 1.62. The van der Waals surface area contributed by atoms with Gasteiger partial charge in [-0.1, -0.05) is 45.0 Å². The van der Waals surface area contributed by atoms with Crippen LogP contribution in [0.4, 0.5) is 5.69 Å². The maximum atomic E-state index is 13.3. The van der Waals surface area contributed by atoms with E-state index in [1.165, 1.54) is 11.1 Å². The Morgan fingerprint density at radius 3 is 2.71 bits per heavy atom. The normalized spacial score (nSPS) is 20.9. The number of fused-ring (bicyclic) bond motifs is 2. The number of rotatable bonds is 3. The van der Waals surface area contributed by atoms with Gasteiger partial charge in [0.25, 0.3) is 5.91 Å². The van der Waals surface area contributed by atoms with Gasteiger partial charge in [-0.2, -0.15) is 0 Å². The molecule has 0 fully saturated rings. The summed E-state index contributed by atoms with van der Waals surface area (Å²) < 4.78 is 6.01. The van der Waals surface area contributed by atoms with E-state index >= 15 is 0 Å². The summed E-state index contributed by atoms with van der Waals surface area (Å²) in [6.07, 6.45) is 2.97. The second kappa shape index (κ2) is 8.37. The predicted octanol–water partition coefficient (Wildman–Crippen LogP) is 5.25. The van der Waals surface area contributed by atoms with Gasteiger partial charge < -0.3 is 15.0 Å². The van der Waals surface area contributed by atoms with E-state index in [1.807, 2.05) is 50.8 Å². The zero-order valence-corrected chi connectivity index (χ0v) is 18.9. The highest BCUT2D eigenvalue weighted by molar-refractivity contribution is 5.91. The molecule has 5 nitrogen and oxygen atoms in total. The zero-order valence-electron chi connectivity index (χ0n) is 18.9. The number of amides is 2. The second-order valence-electron chi connectivity index (χ2n) is 9.94. The molecule has 1 N–H and O–H groups in total. The van der Waals surface area contributed by atoms with Crippen molar-refractivity contribution in [3.05, 3.63) is 59.2 Å². The molecule has 4 rings (SSSR count). The largest absolute Gasteiger partial charge is 0.481 e. The van der Waals surface area contributed by atoms with Crippen LogP contribution >= 0.6 is 0 Å². The van der Waals surface area contributed by atoms with E-state index in [4.69, 9.17) is 4.74 Å². The van der Waals surface area contributed by atoms with Crippen LogP contribution in [0.15, 0.2) is 42.5 Å². The number of nitrogens with one attached hydrogen (secondary N) is 1. The monoisotopic (exact) mass is 420 g/mol. The summed E-state index contributed by atoms with van der Waals surface area (Å²) in [5, 5.41) is 3.00. The molecule has 1 aliphatic carbocycles. The molecule has 2 aromatic carbocycles. The average Bonchev–Trinajstić information content (AvgIpc) is 2.82. The number of anilines is 1. The molecule has 0 aromatic heterocycles. The third kappa shape index (κ3) is 4.76. The lowest BCUT2D eigenvalue weighted by Gasteiger charge is -2.35. The Hall–Kier alpha value is -2.82. The Kier molecular flexibility index (Phi) is 5.78. The summed E-state index contributed by atoms with van der Waals surface area (Å²) in [5.74, 6) is 0.710. The van der Waals surface area contributed by atoms with Crippen LogP contribution in [0.3, 0.4) is 0 Å². The van der Waals surface area contributed by atoms with Crippen LogP contribution in [0.5, 0.6) is 5.75 Å². The molecule has 0 saturated carbocycles. The fourth-order valence-corrected chi connectivity index (χ4v) is 4.63. The molecule has 2 aliphatic rings. The lowest BCUT2D eigenvalue weighted by Crippen LogP contribution is -2.41. The molecule has 2 atom stereocenters. The standard InChI is InChI=1S/C26H32N2O3/c1-17-25(30)28(22-11-7-9-18-8-5-6-10-21(18)22)16-19-14-20(12-13-23(19)31-17)27-24(29)15-26(2,3)4/h5-6,8,10,12-14,17,22H,7,9,11,15-16H2,1-4H3,(H,27,29)/t17-,22+/m0/s1. The Morgan fingerprint density at radius 2 is 1.94 bits per heavy atom. The van der Waals surface area contributed by atoms with Crippen LogP contribution in [-0.2, 0) is 22.6 Å². The first-order chi connectivity index (χ1) is 14.7. The van der Waals surface area contributed by atoms with Gasteiger partial charge in [0.2, 0.25) is 5.91 Å². The highest BCUT2D eigenvalue weighted by atomic mass is 16.5. The summed E-state index contributed by atoms with van der Waals surface area (Å²) >= 11 is 0. The lowest BCUT2D eigenvalue weighted by molar-refractivity contribution is -0.140. The van der Waals surface area contributed by atoms with Crippen molar-refractivity contribution in [2.24, 2.45) is 5.41 Å². The summed E-state index contributed by atoms with van der Waals surface area (Å²) in [5.41, 5.74) is 4.16. The van der Waals surface area contributed by atoms with Crippen LogP contribution in [0.2, 0.25) is 0 Å². The van der Waals surface area contributed by atoms with Crippen molar-refractivity contribution < 1.29 is 14.3 Å². The maximum Gasteiger partial charge on any atom is 0.264 e. The number of carbonyl (C=O) groups is 2. The number of hydrogen-bond acceptors (Lipinski definition) is 3. The quantitative estimate of drug-likeness (QED) is 0.738. The minimum absolute atomic E-state index is 0.00972. The van der Waals surface area contributed by atoms with Crippen molar-refractivity contribution in [1.29, 1.82) is 0 Å². The smallest absolute Gasteiger partial charge is 0.264 e. The summed E-state index contributed by atoms with van der Waals surface area (Å²) in [6, 6.07) is 14.1. The van der Waals surface area contributed by atoms with Crippen LogP contribution in [-0.4, -0.2) is 22.8 Å². The van der Waals surface area contributed by atoms with E-state index in [0.29, 0.717) is 18.7 Å². The molecule has 0 saturated heterocycles. The van der Waals surface area contributed by atoms with Gasteiger partial charge in [0.1, 0.15) is 5.75 Å². The molecule has 31 heavy (non-hydrogen) atoms. The number of carbonyl (C=O) groups excluding carboxylic acids is 2. The molecule has 0 radical (unpaired) electrons. The fraction of sp³-hybridized carbons (Fsp3) is 0.462. The van der Waals surface area contributed by atoms with Crippen molar-refractivity contribution in [3.8, 4) is 5.75 Å². The van der Waals surface area contributed by atoms with E-state index in [9.17, 15) is 9.59 Å². The Morgan fingerprint density at radius 1 is 1.16 bits per heavy atom. The van der Waals surface area contributed by atoms with Gasteiger partial charge >= 0.3 is 0 Å². The molecule has 164 valence electrons. The minimum Gasteiger partial charge on any atom is -0.481 e. The predicted molar refractivity (Wildman–Crippen MR) is 122 cm³/mol. The first-order valence-corrected chi connectivity index (χ1v) is 11.2. The molecule has 2 amide bonds. The minimum atomic E-state index is -0.545. The highest BCUT2D eigenvalue weighted by Gasteiger charge is 2.35. The van der Waals surface area contributed by atoms with Crippen LogP contribution in [0.25, 0.3) is 0 Å². The number of benzene rings is 2. The Bertz CT molecular complexity index is 992. The van der Waals surface area contributed by atoms with Gasteiger partial charge in [-0.3, -0.25) is 9.59 Å². The molecule has 1 aliphatic heterocycles. The van der Waals surface area contributed by atoms with Crippen molar-refractivity contribution in [2.75, 3.05) is 5.32 Å². The third-order valence-corrected chi connectivity index (χ3v) is 6.02. The van der Waals surface area contributed by atoms with Crippen molar-refractivity contribution in [2.45, 2.75) is 72.1 Å². The van der Waals surface area contributed by atoms with Crippen LogP contribution in [0.1, 0.15) is 69.7 Å². The summed E-state index contributed by atoms with van der Waals surface area (Å²) in [7, 11) is 0. The van der Waals surface area contributed by atoms with Crippen molar-refractivity contribution in [1.82, 2.24) is 4.90 Å². The van der Waals surface area contributed by atoms with Gasteiger partial charge in [-0.15, -0.1) is 0 Å². The van der Waals surface area contributed by atoms with Crippen molar-refractivity contribution in [3.63, 3.8) is 0 Å². The van der Waals surface area contributed by atoms with E-state index in [1.54, 1.807) is 0 Å². The van der Waals surface area contributed by atoms with Crippen molar-refractivity contribution >= 4 is 17.5 Å². The maximum absolute atomic E-state index is 13.3. The third-order valence-electron chi connectivity index (χ3n) is 6.02. The molecule has 0 unspecified atom stereocenters. The van der Waals surface area contributed by atoms with Gasteiger partial charge in [0.15, 0.2) is 6.10 Å². The number of nitrogens with zero attached hydrogens (tertiary/aromatic N) is 1.